The SMILES string of the molecule is CCCCCCC(O)c1cccc(Cl)c1. The third-order valence-corrected chi connectivity index (χ3v) is 2.80. The first-order valence-corrected chi connectivity index (χ1v) is 6.05. The van der Waals surface area contributed by atoms with E-state index in [1.807, 2.05) is 24.3 Å². The van der Waals surface area contributed by atoms with Gasteiger partial charge in [-0.2, -0.15) is 0 Å². The number of aliphatic hydroxyl groups excluding tert-OH is 1. The molecule has 0 saturated carbocycles. The maximum absolute atomic E-state index is 9.89. The number of aliphatic hydroxyl groups is 1. The molecule has 1 unspecified atom stereocenters. The first-order chi connectivity index (χ1) is 7.24. The van der Waals surface area contributed by atoms with Gasteiger partial charge < -0.3 is 5.11 Å². The molecule has 0 heterocycles. The summed E-state index contributed by atoms with van der Waals surface area (Å²) in [7, 11) is 0. The zero-order chi connectivity index (χ0) is 11.1. The fourth-order valence-electron chi connectivity index (χ4n) is 1.64. The number of unbranched alkanes of at least 4 members (excludes halogenated alkanes) is 3. The van der Waals surface area contributed by atoms with Crippen LogP contribution in [0.4, 0.5) is 0 Å². The van der Waals surface area contributed by atoms with Crippen LogP contribution in [-0.4, -0.2) is 5.11 Å². The lowest BCUT2D eigenvalue weighted by Gasteiger charge is -2.10. The van der Waals surface area contributed by atoms with Crippen LogP contribution in [0.3, 0.4) is 0 Å². The molecule has 0 aliphatic rings. The van der Waals surface area contributed by atoms with Gasteiger partial charge in [-0.1, -0.05) is 56.3 Å². The van der Waals surface area contributed by atoms with E-state index in [9.17, 15) is 5.11 Å². The number of halogens is 1. The van der Waals surface area contributed by atoms with Gasteiger partial charge in [0.15, 0.2) is 0 Å². The number of rotatable bonds is 6. The van der Waals surface area contributed by atoms with Gasteiger partial charge in [-0.3, -0.25) is 0 Å². The van der Waals surface area contributed by atoms with Gasteiger partial charge >= 0.3 is 0 Å². The van der Waals surface area contributed by atoms with E-state index in [2.05, 4.69) is 6.92 Å². The Morgan fingerprint density at radius 1 is 1.27 bits per heavy atom. The van der Waals surface area contributed by atoms with E-state index in [1.165, 1.54) is 19.3 Å². The molecule has 1 nitrogen and oxygen atoms in total. The van der Waals surface area contributed by atoms with E-state index in [0.717, 1.165) is 18.4 Å². The predicted octanol–water partition coefficient (Wildman–Crippen LogP) is 4.34. The Balaban J connectivity index is 2.36. The van der Waals surface area contributed by atoms with Crippen molar-refractivity contribution in [2.24, 2.45) is 0 Å². The van der Waals surface area contributed by atoms with Crippen LogP contribution in [0.2, 0.25) is 5.02 Å². The van der Waals surface area contributed by atoms with Crippen molar-refractivity contribution in [2.45, 2.75) is 45.1 Å². The van der Waals surface area contributed by atoms with Gasteiger partial charge in [0, 0.05) is 5.02 Å². The van der Waals surface area contributed by atoms with E-state index < -0.39 is 0 Å². The highest BCUT2D eigenvalue weighted by atomic mass is 35.5. The average Bonchev–Trinajstić information content (AvgIpc) is 2.24. The first kappa shape index (κ1) is 12.5. The van der Waals surface area contributed by atoms with Gasteiger partial charge in [-0.15, -0.1) is 0 Å². The highest BCUT2D eigenvalue weighted by molar-refractivity contribution is 6.30. The van der Waals surface area contributed by atoms with Crippen LogP contribution in [0.25, 0.3) is 0 Å². The summed E-state index contributed by atoms with van der Waals surface area (Å²) in [5.74, 6) is 0. The van der Waals surface area contributed by atoms with Crippen LogP contribution in [0.1, 0.15) is 50.7 Å². The van der Waals surface area contributed by atoms with Gasteiger partial charge in [0.25, 0.3) is 0 Å². The van der Waals surface area contributed by atoms with Crippen molar-refractivity contribution in [1.82, 2.24) is 0 Å². The summed E-state index contributed by atoms with van der Waals surface area (Å²) in [5, 5.41) is 10.6. The van der Waals surface area contributed by atoms with E-state index in [-0.39, 0.29) is 6.10 Å². The topological polar surface area (TPSA) is 20.2 Å². The minimum atomic E-state index is -0.361. The molecule has 0 amide bonds. The molecule has 1 aromatic carbocycles. The van der Waals surface area contributed by atoms with Crippen LogP contribution in [0.5, 0.6) is 0 Å². The molecular formula is C13H19ClO. The van der Waals surface area contributed by atoms with Gasteiger partial charge in [0.2, 0.25) is 0 Å². The molecule has 1 aromatic rings. The summed E-state index contributed by atoms with van der Waals surface area (Å²) in [6.07, 6.45) is 5.24. The van der Waals surface area contributed by atoms with Gasteiger partial charge in [0.05, 0.1) is 6.10 Å². The summed E-state index contributed by atoms with van der Waals surface area (Å²) < 4.78 is 0. The minimum Gasteiger partial charge on any atom is -0.388 e. The highest BCUT2D eigenvalue weighted by Crippen LogP contribution is 2.22. The molecule has 0 saturated heterocycles. The molecule has 1 N–H and O–H groups in total. The fraction of sp³-hybridized carbons (Fsp3) is 0.538. The van der Waals surface area contributed by atoms with Crippen LogP contribution in [-0.2, 0) is 0 Å². The maximum Gasteiger partial charge on any atom is 0.0790 e. The summed E-state index contributed by atoms with van der Waals surface area (Å²) >= 11 is 5.86. The summed E-state index contributed by atoms with van der Waals surface area (Å²) in [6.45, 7) is 2.19. The van der Waals surface area contributed by atoms with Gasteiger partial charge in [0.1, 0.15) is 0 Å². The quantitative estimate of drug-likeness (QED) is 0.716. The number of hydrogen-bond donors (Lipinski definition) is 1. The molecule has 1 atom stereocenters. The molecule has 2 heteroatoms. The van der Waals surface area contributed by atoms with Crippen molar-refractivity contribution in [1.29, 1.82) is 0 Å². The smallest absolute Gasteiger partial charge is 0.0790 e. The molecule has 0 radical (unpaired) electrons. The molecule has 0 aliphatic heterocycles. The lowest BCUT2D eigenvalue weighted by atomic mass is 10.0. The van der Waals surface area contributed by atoms with Crippen LogP contribution >= 0.6 is 11.6 Å². The maximum atomic E-state index is 9.89. The normalized spacial score (nSPS) is 12.7. The molecule has 15 heavy (non-hydrogen) atoms. The van der Waals surface area contributed by atoms with Crippen molar-refractivity contribution in [2.75, 3.05) is 0 Å². The van der Waals surface area contributed by atoms with E-state index in [1.54, 1.807) is 0 Å². The molecule has 84 valence electrons. The molecule has 0 spiro atoms. The molecular weight excluding hydrogens is 208 g/mol. The second kappa shape index (κ2) is 6.86. The lowest BCUT2D eigenvalue weighted by Crippen LogP contribution is -1.97. The van der Waals surface area contributed by atoms with Crippen molar-refractivity contribution < 1.29 is 5.11 Å². The van der Waals surface area contributed by atoms with Crippen LogP contribution in [0.15, 0.2) is 24.3 Å². The Bertz CT molecular complexity index is 286. The summed E-state index contributed by atoms with van der Waals surface area (Å²) in [4.78, 5) is 0. The van der Waals surface area contributed by atoms with Crippen molar-refractivity contribution >= 4 is 11.6 Å². The number of hydrogen-bond acceptors (Lipinski definition) is 1. The molecule has 0 fully saturated rings. The fourth-order valence-corrected chi connectivity index (χ4v) is 1.84. The zero-order valence-electron chi connectivity index (χ0n) is 9.25. The Hall–Kier alpha value is -0.530. The first-order valence-electron chi connectivity index (χ1n) is 5.67. The third kappa shape index (κ3) is 4.67. The third-order valence-electron chi connectivity index (χ3n) is 2.56. The summed E-state index contributed by atoms with van der Waals surface area (Å²) in [6, 6.07) is 7.48. The van der Waals surface area contributed by atoms with Crippen molar-refractivity contribution in [3.63, 3.8) is 0 Å². The largest absolute Gasteiger partial charge is 0.388 e. The van der Waals surface area contributed by atoms with E-state index in [0.29, 0.717) is 5.02 Å². The van der Waals surface area contributed by atoms with Crippen LogP contribution in [0, 0.1) is 0 Å². The predicted molar refractivity (Wildman–Crippen MR) is 65.2 cm³/mol. The Kier molecular flexibility index (Phi) is 5.74. The van der Waals surface area contributed by atoms with Gasteiger partial charge in [-0.05, 0) is 24.1 Å². The number of benzene rings is 1. The molecule has 0 bridgehead atoms. The van der Waals surface area contributed by atoms with Crippen LogP contribution < -0.4 is 0 Å². The standard InChI is InChI=1S/C13H19ClO/c1-2-3-4-5-9-13(15)11-7-6-8-12(14)10-11/h6-8,10,13,15H,2-5,9H2,1H3. The Morgan fingerprint density at radius 2 is 2.07 bits per heavy atom. The molecule has 1 rings (SSSR count). The zero-order valence-corrected chi connectivity index (χ0v) is 10.0. The van der Waals surface area contributed by atoms with Crippen molar-refractivity contribution in [3.05, 3.63) is 34.9 Å². The Morgan fingerprint density at radius 3 is 2.73 bits per heavy atom. The van der Waals surface area contributed by atoms with Crippen molar-refractivity contribution in [3.8, 4) is 0 Å². The lowest BCUT2D eigenvalue weighted by molar-refractivity contribution is 0.163. The molecule has 0 aliphatic carbocycles. The molecule has 0 aromatic heterocycles. The van der Waals surface area contributed by atoms with E-state index >= 15 is 0 Å². The van der Waals surface area contributed by atoms with Gasteiger partial charge in [-0.25, -0.2) is 0 Å². The average molecular weight is 227 g/mol. The Labute approximate surface area is 97.1 Å². The highest BCUT2D eigenvalue weighted by Gasteiger charge is 2.06. The second-order valence-corrected chi connectivity index (χ2v) is 4.36. The monoisotopic (exact) mass is 226 g/mol. The second-order valence-electron chi connectivity index (χ2n) is 3.92. The minimum absolute atomic E-state index is 0.361. The summed E-state index contributed by atoms with van der Waals surface area (Å²) in [5.41, 5.74) is 0.930. The van der Waals surface area contributed by atoms with E-state index in [4.69, 9.17) is 11.6 Å².